The molecule has 4 heteroatoms. The molecule has 1 saturated heterocycles. The van der Waals surface area contributed by atoms with Gasteiger partial charge in [-0.3, -0.25) is 9.69 Å². The van der Waals surface area contributed by atoms with Crippen molar-refractivity contribution in [1.29, 1.82) is 0 Å². The Labute approximate surface area is 141 Å². The Bertz CT molecular complexity index is 739. The lowest BCUT2D eigenvalue weighted by Gasteiger charge is -2.38. The maximum Gasteiger partial charge on any atom is 0.253 e. The molecule has 1 heterocycles. The van der Waals surface area contributed by atoms with E-state index in [4.69, 9.17) is 0 Å². The molecule has 0 N–H and O–H groups in total. The van der Waals surface area contributed by atoms with Crippen LogP contribution in [0.25, 0.3) is 0 Å². The van der Waals surface area contributed by atoms with Crippen molar-refractivity contribution in [3.8, 4) is 0 Å². The van der Waals surface area contributed by atoms with Gasteiger partial charge in [-0.05, 0) is 48.2 Å². The van der Waals surface area contributed by atoms with Crippen LogP contribution in [0.3, 0.4) is 0 Å². The molecule has 2 aromatic rings. The minimum absolute atomic E-state index is 0.105. The number of hydrogen-bond acceptors (Lipinski definition) is 2. The molecule has 124 valence electrons. The van der Waals surface area contributed by atoms with Crippen molar-refractivity contribution in [2.75, 3.05) is 26.2 Å². The number of fused-ring (bicyclic) bond motifs is 1. The Morgan fingerprint density at radius 2 is 1.75 bits per heavy atom. The van der Waals surface area contributed by atoms with Crippen LogP contribution in [0.1, 0.15) is 33.9 Å². The van der Waals surface area contributed by atoms with Crippen LogP contribution in [0.2, 0.25) is 0 Å². The van der Waals surface area contributed by atoms with Gasteiger partial charge in [-0.25, -0.2) is 4.39 Å². The van der Waals surface area contributed by atoms with Gasteiger partial charge in [0, 0.05) is 37.8 Å². The smallest absolute Gasteiger partial charge is 0.253 e. The molecule has 1 fully saturated rings. The van der Waals surface area contributed by atoms with Gasteiger partial charge in [0.1, 0.15) is 5.82 Å². The first kappa shape index (κ1) is 15.3. The number of piperazine rings is 1. The quantitative estimate of drug-likeness (QED) is 0.846. The molecule has 24 heavy (non-hydrogen) atoms. The standard InChI is InChI=1S/C20H21FN2O/c21-17-8-6-15-7-9-19(18(15)14-17)22-10-12-23(13-11-22)20(24)16-4-2-1-3-5-16/h1-6,8,14,19H,7,9-13H2/t19-/m1/s1. The van der Waals surface area contributed by atoms with Crippen molar-refractivity contribution in [2.45, 2.75) is 18.9 Å². The summed E-state index contributed by atoms with van der Waals surface area (Å²) in [6.07, 6.45) is 2.06. The van der Waals surface area contributed by atoms with Crippen molar-refractivity contribution in [3.63, 3.8) is 0 Å². The molecule has 0 saturated carbocycles. The second-order valence-corrected chi connectivity index (χ2v) is 6.59. The van der Waals surface area contributed by atoms with Gasteiger partial charge in [0.15, 0.2) is 0 Å². The normalized spacial score (nSPS) is 20.9. The van der Waals surface area contributed by atoms with Gasteiger partial charge in [-0.2, -0.15) is 0 Å². The molecule has 2 aliphatic rings. The molecule has 1 amide bonds. The first-order valence-electron chi connectivity index (χ1n) is 8.59. The zero-order valence-corrected chi connectivity index (χ0v) is 13.6. The van der Waals surface area contributed by atoms with E-state index < -0.39 is 0 Å². The second-order valence-electron chi connectivity index (χ2n) is 6.59. The summed E-state index contributed by atoms with van der Waals surface area (Å²) in [5.74, 6) is -0.0494. The molecule has 0 radical (unpaired) electrons. The summed E-state index contributed by atoms with van der Waals surface area (Å²) in [6.45, 7) is 3.15. The van der Waals surface area contributed by atoms with Crippen LogP contribution >= 0.6 is 0 Å². The van der Waals surface area contributed by atoms with Crippen LogP contribution in [-0.2, 0) is 6.42 Å². The zero-order valence-electron chi connectivity index (χ0n) is 13.6. The number of amides is 1. The van der Waals surface area contributed by atoms with Crippen LogP contribution < -0.4 is 0 Å². The maximum atomic E-state index is 13.6. The number of carbonyl (C=O) groups is 1. The number of carbonyl (C=O) groups excluding carboxylic acids is 1. The highest BCUT2D eigenvalue weighted by Gasteiger charge is 2.31. The van der Waals surface area contributed by atoms with Crippen molar-refractivity contribution in [3.05, 3.63) is 71.0 Å². The maximum absolute atomic E-state index is 13.6. The number of rotatable bonds is 2. The molecule has 0 bridgehead atoms. The summed E-state index contributed by atoms with van der Waals surface area (Å²) >= 11 is 0. The largest absolute Gasteiger partial charge is 0.336 e. The molecule has 1 aliphatic carbocycles. The first-order chi connectivity index (χ1) is 11.7. The Kier molecular flexibility index (Phi) is 4.07. The van der Waals surface area contributed by atoms with Crippen molar-refractivity contribution in [1.82, 2.24) is 9.80 Å². The number of halogens is 1. The lowest BCUT2D eigenvalue weighted by atomic mass is 10.1. The molecular weight excluding hydrogens is 303 g/mol. The van der Waals surface area contributed by atoms with Gasteiger partial charge in [0.25, 0.3) is 5.91 Å². The minimum Gasteiger partial charge on any atom is -0.336 e. The predicted molar refractivity (Wildman–Crippen MR) is 91.4 cm³/mol. The van der Waals surface area contributed by atoms with Crippen LogP contribution in [0.4, 0.5) is 4.39 Å². The number of benzene rings is 2. The molecule has 1 aliphatic heterocycles. The average Bonchev–Trinajstić information content (AvgIpc) is 3.05. The average molecular weight is 324 g/mol. The van der Waals surface area contributed by atoms with E-state index in [0.29, 0.717) is 6.04 Å². The van der Waals surface area contributed by atoms with E-state index in [-0.39, 0.29) is 11.7 Å². The molecular formula is C20H21FN2O. The molecule has 2 aromatic carbocycles. The number of hydrogen-bond donors (Lipinski definition) is 0. The third-order valence-corrected chi connectivity index (χ3v) is 5.22. The van der Waals surface area contributed by atoms with E-state index >= 15 is 0 Å². The second kappa shape index (κ2) is 6.36. The summed E-state index contributed by atoms with van der Waals surface area (Å²) in [7, 11) is 0. The fourth-order valence-corrected chi connectivity index (χ4v) is 3.93. The lowest BCUT2D eigenvalue weighted by molar-refractivity contribution is 0.0568. The summed E-state index contributed by atoms with van der Waals surface area (Å²) in [5, 5.41) is 0. The van der Waals surface area contributed by atoms with E-state index in [1.54, 1.807) is 12.1 Å². The van der Waals surface area contributed by atoms with Crippen molar-refractivity contribution in [2.24, 2.45) is 0 Å². The highest BCUT2D eigenvalue weighted by Crippen LogP contribution is 2.36. The monoisotopic (exact) mass is 324 g/mol. The Hall–Kier alpha value is -2.20. The topological polar surface area (TPSA) is 23.6 Å². The molecule has 0 aromatic heterocycles. The molecule has 1 atom stereocenters. The van der Waals surface area contributed by atoms with Crippen LogP contribution in [0.5, 0.6) is 0 Å². The summed E-state index contributed by atoms with van der Waals surface area (Å²) in [6, 6.07) is 14.9. The third-order valence-electron chi connectivity index (χ3n) is 5.22. The van der Waals surface area contributed by atoms with Crippen LogP contribution in [0, 0.1) is 5.82 Å². The van der Waals surface area contributed by atoms with E-state index in [1.807, 2.05) is 41.3 Å². The van der Waals surface area contributed by atoms with Gasteiger partial charge in [-0.1, -0.05) is 24.3 Å². The van der Waals surface area contributed by atoms with E-state index in [2.05, 4.69) is 4.90 Å². The van der Waals surface area contributed by atoms with Crippen LogP contribution in [-0.4, -0.2) is 41.9 Å². The van der Waals surface area contributed by atoms with Gasteiger partial charge in [0.2, 0.25) is 0 Å². The summed E-state index contributed by atoms with van der Waals surface area (Å²) in [4.78, 5) is 16.9. The number of aryl methyl sites for hydroxylation is 1. The summed E-state index contributed by atoms with van der Waals surface area (Å²) < 4.78 is 13.6. The van der Waals surface area contributed by atoms with E-state index in [1.165, 1.54) is 5.56 Å². The van der Waals surface area contributed by atoms with Gasteiger partial charge in [-0.15, -0.1) is 0 Å². The molecule has 0 spiro atoms. The molecule has 0 unspecified atom stereocenters. The highest BCUT2D eigenvalue weighted by molar-refractivity contribution is 5.94. The van der Waals surface area contributed by atoms with Crippen molar-refractivity contribution >= 4 is 5.91 Å². The molecule has 3 nitrogen and oxygen atoms in total. The third kappa shape index (κ3) is 2.82. The Morgan fingerprint density at radius 3 is 2.50 bits per heavy atom. The van der Waals surface area contributed by atoms with Gasteiger partial charge in [0.05, 0.1) is 0 Å². The fraction of sp³-hybridized carbons (Fsp3) is 0.350. The fourth-order valence-electron chi connectivity index (χ4n) is 3.93. The molecule has 4 rings (SSSR count). The first-order valence-corrected chi connectivity index (χ1v) is 8.59. The van der Waals surface area contributed by atoms with E-state index in [9.17, 15) is 9.18 Å². The van der Waals surface area contributed by atoms with E-state index in [0.717, 1.165) is 50.1 Å². The number of nitrogens with zero attached hydrogens (tertiary/aromatic N) is 2. The zero-order chi connectivity index (χ0) is 16.5. The van der Waals surface area contributed by atoms with Crippen LogP contribution in [0.15, 0.2) is 48.5 Å². The lowest BCUT2D eigenvalue weighted by Crippen LogP contribution is -2.49. The Balaban J connectivity index is 1.43. The SMILES string of the molecule is O=C(c1ccccc1)N1CCN([C@@H]2CCc3ccc(F)cc32)CC1. The summed E-state index contributed by atoms with van der Waals surface area (Å²) in [5.41, 5.74) is 3.15. The Morgan fingerprint density at radius 1 is 1.00 bits per heavy atom. The highest BCUT2D eigenvalue weighted by atomic mass is 19.1. The minimum atomic E-state index is -0.154. The van der Waals surface area contributed by atoms with Crippen molar-refractivity contribution < 1.29 is 9.18 Å². The van der Waals surface area contributed by atoms with Gasteiger partial charge >= 0.3 is 0 Å². The predicted octanol–water partition coefficient (Wildman–Crippen LogP) is 3.27. The van der Waals surface area contributed by atoms with Gasteiger partial charge < -0.3 is 4.90 Å².